The van der Waals surface area contributed by atoms with E-state index in [-0.39, 0.29) is 24.2 Å². The zero-order valence-corrected chi connectivity index (χ0v) is 21.9. The molecule has 0 aliphatic carbocycles. The lowest BCUT2D eigenvalue weighted by molar-refractivity contribution is -0.116. The van der Waals surface area contributed by atoms with E-state index in [2.05, 4.69) is 38.7 Å². The third-order valence-electron chi connectivity index (χ3n) is 6.77. The third-order valence-corrected chi connectivity index (χ3v) is 7.72. The second-order valence-electron chi connectivity index (χ2n) is 9.79. The van der Waals surface area contributed by atoms with Gasteiger partial charge in [0.05, 0.1) is 30.9 Å². The van der Waals surface area contributed by atoms with Gasteiger partial charge in [-0.05, 0) is 68.7 Å². The van der Waals surface area contributed by atoms with Crippen LogP contribution in [0.15, 0.2) is 23.4 Å². The summed E-state index contributed by atoms with van der Waals surface area (Å²) in [4.78, 5) is 17.4. The highest BCUT2D eigenvalue weighted by Crippen LogP contribution is 2.29. The number of rotatable bonds is 9. The van der Waals surface area contributed by atoms with Gasteiger partial charge < -0.3 is 14.5 Å². The lowest BCUT2D eigenvalue weighted by atomic mass is 10.00. The zero-order valence-electron chi connectivity index (χ0n) is 21.1. The number of ether oxygens (including phenoxy) is 1. The summed E-state index contributed by atoms with van der Waals surface area (Å²) in [5, 5.41) is 19.0. The molecular weight excluding hydrogens is 460 g/mol. The van der Waals surface area contributed by atoms with Crippen LogP contribution in [0.1, 0.15) is 50.2 Å². The SMILES string of the molecule is Cc1cc(C)cc(N(CCC#N)C(=O)CSc2nnc(N3CCC(C)CC3)n2CC2CCCO2)c1. The van der Waals surface area contributed by atoms with Gasteiger partial charge in [0.1, 0.15) is 0 Å². The van der Waals surface area contributed by atoms with E-state index in [4.69, 9.17) is 10.00 Å². The molecule has 0 spiro atoms. The maximum Gasteiger partial charge on any atom is 0.237 e. The minimum absolute atomic E-state index is 0.0322. The van der Waals surface area contributed by atoms with E-state index < -0.39 is 0 Å². The summed E-state index contributed by atoms with van der Waals surface area (Å²) >= 11 is 1.42. The van der Waals surface area contributed by atoms with E-state index in [1.165, 1.54) is 11.8 Å². The zero-order chi connectivity index (χ0) is 24.8. The van der Waals surface area contributed by atoms with Gasteiger partial charge in [-0.25, -0.2) is 0 Å². The number of carbonyl (C=O) groups is 1. The minimum Gasteiger partial charge on any atom is -0.376 e. The highest BCUT2D eigenvalue weighted by Gasteiger charge is 2.27. The number of piperidine rings is 1. The van der Waals surface area contributed by atoms with Crippen LogP contribution in [0.25, 0.3) is 0 Å². The largest absolute Gasteiger partial charge is 0.376 e. The molecule has 2 fully saturated rings. The first-order chi connectivity index (χ1) is 16.9. The van der Waals surface area contributed by atoms with Crippen LogP contribution in [0, 0.1) is 31.1 Å². The first kappa shape index (κ1) is 25.5. The Hall–Kier alpha value is -2.57. The first-order valence-electron chi connectivity index (χ1n) is 12.6. The van der Waals surface area contributed by atoms with Crippen molar-refractivity contribution < 1.29 is 9.53 Å². The molecule has 0 N–H and O–H groups in total. The summed E-state index contributed by atoms with van der Waals surface area (Å²) in [6, 6.07) is 8.26. The fourth-order valence-corrected chi connectivity index (χ4v) is 5.67. The van der Waals surface area contributed by atoms with Gasteiger partial charge in [-0.3, -0.25) is 9.36 Å². The Morgan fingerprint density at radius 3 is 2.60 bits per heavy atom. The number of anilines is 2. The van der Waals surface area contributed by atoms with Crippen LogP contribution in [0.2, 0.25) is 0 Å². The Kier molecular flexibility index (Phi) is 8.69. The number of amides is 1. The van der Waals surface area contributed by atoms with Crippen LogP contribution in [0.5, 0.6) is 0 Å². The van der Waals surface area contributed by atoms with Gasteiger partial charge in [0.25, 0.3) is 0 Å². The number of aryl methyl sites for hydroxylation is 2. The predicted molar refractivity (Wildman–Crippen MR) is 139 cm³/mol. The average Bonchev–Trinajstić information content (AvgIpc) is 3.48. The molecule has 2 aliphatic rings. The van der Waals surface area contributed by atoms with Gasteiger partial charge in [0, 0.05) is 31.9 Å². The van der Waals surface area contributed by atoms with Gasteiger partial charge in [-0.1, -0.05) is 24.8 Å². The molecule has 8 nitrogen and oxygen atoms in total. The van der Waals surface area contributed by atoms with Gasteiger partial charge in [0.15, 0.2) is 5.16 Å². The van der Waals surface area contributed by atoms with Crippen molar-refractivity contribution in [1.29, 1.82) is 5.26 Å². The molecular formula is C26H36N6O2S. The topological polar surface area (TPSA) is 87.3 Å². The van der Waals surface area contributed by atoms with Crippen LogP contribution in [-0.4, -0.2) is 58.8 Å². The Bertz CT molecular complexity index is 1030. The monoisotopic (exact) mass is 496 g/mol. The molecule has 0 bridgehead atoms. The summed E-state index contributed by atoms with van der Waals surface area (Å²) in [7, 11) is 0. The second-order valence-corrected chi connectivity index (χ2v) is 10.7. The highest BCUT2D eigenvalue weighted by atomic mass is 32.2. The number of aromatic nitrogens is 3. The van der Waals surface area contributed by atoms with Crippen molar-refractivity contribution >= 4 is 29.3 Å². The smallest absolute Gasteiger partial charge is 0.237 e. The Morgan fingerprint density at radius 1 is 1.20 bits per heavy atom. The fourth-order valence-electron chi connectivity index (χ4n) is 4.85. The normalized spacial score (nSPS) is 18.6. The van der Waals surface area contributed by atoms with E-state index in [0.29, 0.717) is 13.1 Å². The maximum absolute atomic E-state index is 13.3. The van der Waals surface area contributed by atoms with E-state index in [9.17, 15) is 4.79 Å². The number of benzene rings is 1. The number of thioether (sulfide) groups is 1. The van der Waals surface area contributed by atoms with Crippen molar-refractivity contribution in [2.24, 2.45) is 5.92 Å². The van der Waals surface area contributed by atoms with Gasteiger partial charge in [0.2, 0.25) is 11.9 Å². The predicted octanol–water partition coefficient (Wildman–Crippen LogP) is 4.35. The fraction of sp³-hybridized carbons (Fsp3) is 0.615. The molecule has 1 aromatic heterocycles. The molecule has 188 valence electrons. The van der Waals surface area contributed by atoms with Crippen molar-refractivity contribution in [3.05, 3.63) is 29.3 Å². The number of nitriles is 1. The van der Waals surface area contributed by atoms with E-state index in [1.807, 2.05) is 26.0 Å². The number of nitrogens with zero attached hydrogens (tertiary/aromatic N) is 6. The van der Waals surface area contributed by atoms with Crippen molar-refractivity contribution in [3.8, 4) is 6.07 Å². The molecule has 1 amide bonds. The quantitative estimate of drug-likeness (QED) is 0.477. The Balaban J connectivity index is 1.51. The summed E-state index contributed by atoms with van der Waals surface area (Å²) < 4.78 is 8.07. The van der Waals surface area contributed by atoms with Crippen LogP contribution in [-0.2, 0) is 16.1 Å². The molecule has 9 heteroatoms. The number of hydrogen-bond acceptors (Lipinski definition) is 7. The van der Waals surface area contributed by atoms with Crippen molar-refractivity contribution in [1.82, 2.24) is 14.8 Å². The van der Waals surface area contributed by atoms with Crippen LogP contribution in [0.4, 0.5) is 11.6 Å². The van der Waals surface area contributed by atoms with Crippen molar-refractivity contribution in [2.45, 2.75) is 70.7 Å². The van der Waals surface area contributed by atoms with Crippen LogP contribution < -0.4 is 9.80 Å². The first-order valence-corrected chi connectivity index (χ1v) is 13.6. The molecule has 1 unspecified atom stereocenters. The molecule has 2 aromatic rings. The lowest BCUT2D eigenvalue weighted by Crippen LogP contribution is -2.35. The Labute approximate surface area is 212 Å². The lowest BCUT2D eigenvalue weighted by Gasteiger charge is -2.31. The van der Waals surface area contributed by atoms with Gasteiger partial charge >= 0.3 is 0 Å². The molecule has 2 saturated heterocycles. The third kappa shape index (κ3) is 6.56. The standard InChI is InChI=1S/C26H36N6O2S/c1-19-7-11-30(12-8-19)25-28-29-26(32(25)17-23-6-4-13-34-23)35-18-24(33)31(10-5-9-27)22-15-20(2)14-21(3)16-22/h14-16,19,23H,4-8,10-13,17-18H2,1-3H3. The molecule has 0 saturated carbocycles. The van der Waals surface area contributed by atoms with E-state index in [1.54, 1.807) is 4.90 Å². The number of hydrogen-bond donors (Lipinski definition) is 0. The highest BCUT2D eigenvalue weighted by molar-refractivity contribution is 7.99. The van der Waals surface area contributed by atoms with Crippen molar-refractivity contribution in [3.63, 3.8) is 0 Å². The van der Waals surface area contributed by atoms with E-state index in [0.717, 1.165) is 79.2 Å². The maximum atomic E-state index is 13.3. The summed E-state index contributed by atoms with van der Waals surface area (Å²) in [5.41, 5.74) is 3.03. The number of carbonyl (C=O) groups excluding carboxylic acids is 1. The summed E-state index contributed by atoms with van der Waals surface area (Å²) in [6.07, 6.45) is 4.86. The second kappa shape index (κ2) is 11.9. The Morgan fingerprint density at radius 2 is 1.94 bits per heavy atom. The molecule has 2 aliphatic heterocycles. The molecule has 3 heterocycles. The molecule has 1 atom stereocenters. The van der Waals surface area contributed by atoms with Gasteiger partial charge in [-0.2, -0.15) is 5.26 Å². The van der Waals surface area contributed by atoms with Crippen molar-refractivity contribution in [2.75, 3.05) is 41.8 Å². The van der Waals surface area contributed by atoms with Crippen LogP contribution >= 0.6 is 11.8 Å². The average molecular weight is 497 g/mol. The summed E-state index contributed by atoms with van der Waals surface area (Å²) in [5.74, 6) is 1.82. The minimum atomic E-state index is -0.0322. The van der Waals surface area contributed by atoms with Gasteiger partial charge in [-0.15, -0.1) is 10.2 Å². The summed E-state index contributed by atoms with van der Waals surface area (Å²) in [6.45, 7) is 10.2. The molecule has 4 rings (SSSR count). The molecule has 0 radical (unpaired) electrons. The van der Waals surface area contributed by atoms with E-state index >= 15 is 0 Å². The molecule has 35 heavy (non-hydrogen) atoms. The van der Waals surface area contributed by atoms with Crippen LogP contribution in [0.3, 0.4) is 0 Å². The molecule has 1 aromatic carbocycles.